The fourth-order valence-electron chi connectivity index (χ4n) is 3.10. The second-order valence-electron chi connectivity index (χ2n) is 5.13. The van der Waals surface area contributed by atoms with Crippen LogP contribution < -0.4 is 5.32 Å². The zero-order valence-corrected chi connectivity index (χ0v) is 9.65. The summed E-state index contributed by atoms with van der Waals surface area (Å²) in [6.07, 6.45) is 3.57. The Morgan fingerprint density at radius 3 is 3.00 bits per heavy atom. The number of hydrogen-bond donors (Lipinski definition) is 1. The van der Waals surface area contributed by atoms with E-state index in [9.17, 15) is 0 Å². The molecule has 1 aliphatic heterocycles. The molecule has 4 rings (SSSR count). The molecule has 2 aromatic rings. The Morgan fingerprint density at radius 1 is 1.18 bits per heavy atom. The first-order valence-electron chi connectivity index (χ1n) is 6.30. The van der Waals surface area contributed by atoms with Crippen LogP contribution in [-0.2, 0) is 0 Å². The van der Waals surface area contributed by atoms with Gasteiger partial charge in [0.15, 0.2) is 0 Å². The van der Waals surface area contributed by atoms with Gasteiger partial charge < -0.3 is 9.73 Å². The normalized spacial score (nSPS) is 27.4. The van der Waals surface area contributed by atoms with E-state index in [1.807, 2.05) is 12.1 Å². The van der Waals surface area contributed by atoms with Crippen LogP contribution in [0.3, 0.4) is 0 Å². The van der Waals surface area contributed by atoms with Gasteiger partial charge in [-0.25, -0.2) is 0 Å². The highest BCUT2D eigenvalue weighted by Crippen LogP contribution is 2.39. The molecule has 0 radical (unpaired) electrons. The molecule has 0 spiro atoms. The van der Waals surface area contributed by atoms with E-state index in [4.69, 9.17) is 4.42 Å². The minimum Gasteiger partial charge on any atom is -0.456 e. The standard InChI is InChI=1S/C15H15NO/c1-2-4-14-10(3-1)7-15(17-14)11-5-12-8-16-9-13(12)6-11/h1-5,7,12-13,16H,6,8-9H2. The molecule has 0 bridgehead atoms. The lowest BCUT2D eigenvalue weighted by Gasteiger charge is -2.04. The van der Waals surface area contributed by atoms with E-state index < -0.39 is 0 Å². The highest BCUT2D eigenvalue weighted by Gasteiger charge is 2.32. The van der Waals surface area contributed by atoms with E-state index in [0.717, 1.165) is 42.7 Å². The molecule has 86 valence electrons. The van der Waals surface area contributed by atoms with Crippen molar-refractivity contribution >= 4 is 16.5 Å². The number of nitrogens with one attached hydrogen (secondary N) is 1. The Labute approximate surface area is 100 Å². The topological polar surface area (TPSA) is 25.2 Å². The molecule has 2 atom stereocenters. The lowest BCUT2D eigenvalue weighted by atomic mass is 9.99. The molecule has 1 saturated heterocycles. The smallest absolute Gasteiger partial charge is 0.134 e. The van der Waals surface area contributed by atoms with Crippen molar-refractivity contribution in [3.05, 3.63) is 42.2 Å². The predicted molar refractivity (Wildman–Crippen MR) is 68.7 cm³/mol. The summed E-state index contributed by atoms with van der Waals surface area (Å²) in [5.74, 6) is 2.58. The minimum absolute atomic E-state index is 0.721. The number of para-hydroxylation sites is 1. The average Bonchev–Trinajstić information content (AvgIpc) is 3.01. The maximum atomic E-state index is 5.93. The van der Waals surface area contributed by atoms with E-state index in [0.29, 0.717) is 0 Å². The van der Waals surface area contributed by atoms with Gasteiger partial charge in [0.05, 0.1) is 0 Å². The summed E-state index contributed by atoms with van der Waals surface area (Å²) in [5, 5.41) is 4.65. The molecule has 0 saturated carbocycles. The van der Waals surface area contributed by atoms with Crippen LogP contribution >= 0.6 is 0 Å². The van der Waals surface area contributed by atoms with Gasteiger partial charge in [0.1, 0.15) is 11.3 Å². The first-order valence-corrected chi connectivity index (χ1v) is 6.30. The molecule has 2 unspecified atom stereocenters. The van der Waals surface area contributed by atoms with Crippen LogP contribution in [0.2, 0.25) is 0 Å². The van der Waals surface area contributed by atoms with Gasteiger partial charge in [0.25, 0.3) is 0 Å². The molecule has 1 N–H and O–H groups in total. The van der Waals surface area contributed by atoms with Gasteiger partial charge in [-0.1, -0.05) is 24.3 Å². The SMILES string of the molecule is C1=C(c2cc3ccccc3o2)CC2CNCC12. The molecule has 0 amide bonds. The molecule has 1 aromatic carbocycles. The highest BCUT2D eigenvalue weighted by molar-refractivity contribution is 5.82. The van der Waals surface area contributed by atoms with Crippen molar-refractivity contribution < 1.29 is 4.42 Å². The van der Waals surface area contributed by atoms with Crippen LogP contribution in [0, 0.1) is 11.8 Å². The van der Waals surface area contributed by atoms with E-state index in [-0.39, 0.29) is 0 Å². The van der Waals surface area contributed by atoms with Gasteiger partial charge in [-0.2, -0.15) is 0 Å². The average molecular weight is 225 g/mol. The number of hydrogen-bond acceptors (Lipinski definition) is 2. The van der Waals surface area contributed by atoms with Crippen molar-refractivity contribution in [2.45, 2.75) is 6.42 Å². The summed E-state index contributed by atoms with van der Waals surface area (Å²) < 4.78 is 5.93. The van der Waals surface area contributed by atoms with Crippen molar-refractivity contribution in [2.75, 3.05) is 13.1 Å². The first kappa shape index (κ1) is 9.49. The molecule has 17 heavy (non-hydrogen) atoms. The minimum atomic E-state index is 0.721. The summed E-state index contributed by atoms with van der Waals surface area (Å²) in [5.41, 5.74) is 2.40. The number of allylic oxidation sites excluding steroid dienone is 1. The Morgan fingerprint density at radius 2 is 2.12 bits per heavy atom. The van der Waals surface area contributed by atoms with E-state index in [1.165, 1.54) is 11.0 Å². The Bertz CT molecular complexity index is 563. The Balaban J connectivity index is 1.75. The van der Waals surface area contributed by atoms with Gasteiger partial charge in [-0.15, -0.1) is 0 Å². The molecular formula is C15H15NO. The van der Waals surface area contributed by atoms with Gasteiger partial charge in [0, 0.05) is 11.9 Å². The molecule has 2 nitrogen and oxygen atoms in total. The number of benzene rings is 1. The van der Waals surface area contributed by atoms with Crippen molar-refractivity contribution in [2.24, 2.45) is 11.8 Å². The van der Waals surface area contributed by atoms with Crippen molar-refractivity contribution in [1.29, 1.82) is 0 Å². The van der Waals surface area contributed by atoms with Crippen LogP contribution in [0.1, 0.15) is 12.2 Å². The second kappa shape index (κ2) is 3.47. The van der Waals surface area contributed by atoms with Crippen LogP contribution in [0.4, 0.5) is 0 Å². The third-order valence-corrected chi connectivity index (χ3v) is 4.03. The van der Waals surface area contributed by atoms with Crippen LogP contribution in [0.15, 0.2) is 40.8 Å². The molecule has 2 heterocycles. The van der Waals surface area contributed by atoms with Gasteiger partial charge in [-0.05, 0) is 42.5 Å². The van der Waals surface area contributed by atoms with Gasteiger partial charge in [-0.3, -0.25) is 0 Å². The van der Waals surface area contributed by atoms with Crippen molar-refractivity contribution in [1.82, 2.24) is 5.32 Å². The van der Waals surface area contributed by atoms with Gasteiger partial charge in [0.2, 0.25) is 0 Å². The molecule has 1 fully saturated rings. The monoisotopic (exact) mass is 225 g/mol. The fraction of sp³-hybridized carbons (Fsp3) is 0.333. The second-order valence-corrected chi connectivity index (χ2v) is 5.13. The quantitative estimate of drug-likeness (QED) is 0.807. The fourth-order valence-corrected chi connectivity index (χ4v) is 3.10. The van der Waals surface area contributed by atoms with Crippen LogP contribution in [0.5, 0.6) is 0 Å². The summed E-state index contributed by atoms with van der Waals surface area (Å²) in [6, 6.07) is 10.4. The van der Waals surface area contributed by atoms with E-state index in [1.54, 1.807) is 0 Å². The van der Waals surface area contributed by atoms with Gasteiger partial charge >= 0.3 is 0 Å². The predicted octanol–water partition coefficient (Wildman–Crippen LogP) is 3.06. The summed E-state index contributed by atoms with van der Waals surface area (Å²) in [7, 11) is 0. The van der Waals surface area contributed by atoms with Crippen LogP contribution in [0.25, 0.3) is 16.5 Å². The van der Waals surface area contributed by atoms with Crippen molar-refractivity contribution in [3.8, 4) is 0 Å². The number of fused-ring (bicyclic) bond motifs is 2. The lowest BCUT2D eigenvalue weighted by molar-refractivity contribution is 0.531. The number of rotatable bonds is 1. The first-order chi connectivity index (χ1) is 8.40. The summed E-state index contributed by atoms with van der Waals surface area (Å²) in [6.45, 7) is 2.29. The molecule has 1 aliphatic carbocycles. The molecule has 2 aliphatic rings. The summed E-state index contributed by atoms with van der Waals surface area (Å²) >= 11 is 0. The maximum absolute atomic E-state index is 5.93. The third-order valence-electron chi connectivity index (χ3n) is 4.03. The maximum Gasteiger partial charge on any atom is 0.134 e. The largest absolute Gasteiger partial charge is 0.456 e. The van der Waals surface area contributed by atoms with Crippen LogP contribution in [-0.4, -0.2) is 13.1 Å². The lowest BCUT2D eigenvalue weighted by Crippen LogP contribution is -2.09. The molecule has 2 heteroatoms. The Kier molecular flexibility index (Phi) is 1.94. The third kappa shape index (κ3) is 1.44. The zero-order chi connectivity index (χ0) is 11.2. The van der Waals surface area contributed by atoms with E-state index in [2.05, 4.69) is 29.6 Å². The molecular weight excluding hydrogens is 210 g/mol. The molecule has 1 aromatic heterocycles. The number of furan rings is 1. The Hall–Kier alpha value is -1.54. The summed E-state index contributed by atoms with van der Waals surface area (Å²) in [4.78, 5) is 0. The van der Waals surface area contributed by atoms with E-state index >= 15 is 0 Å². The van der Waals surface area contributed by atoms with Crippen molar-refractivity contribution in [3.63, 3.8) is 0 Å². The zero-order valence-electron chi connectivity index (χ0n) is 9.65. The highest BCUT2D eigenvalue weighted by atomic mass is 16.3.